The molecule has 36 heavy (non-hydrogen) atoms. The van der Waals surface area contributed by atoms with Crippen LogP contribution < -0.4 is 11.1 Å². The number of methoxy groups -OCH3 is 1. The summed E-state index contributed by atoms with van der Waals surface area (Å²) in [5.74, 6) is -1.32. The average Bonchev–Trinajstić information content (AvgIpc) is 3.26. The van der Waals surface area contributed by atoms with Crippen molar-refractivity contribution in [1.29, 1.82) is 0 Å². The Morgan fingerprint density at radius 3 is 2.83 bits per heavy atom. The van der Waals surface area contributed by atoms with Crippen molar-refractivity contribution in [3.05, 3.63) is 70.1 Å². The highest BCUT2D eigenvalue weighted by atomic mass is 35.5. The van der Waals surface area contributed by atoms with Gasteiger partial charge in [-0.25, -0.2) is 18.8 Å². The van der Waals surface area contributed by atoms with Crippen LogP contribution in [0.5, 0.6) is 0 Å². The zero-order chi connectivity index (χ0) is 25.8. The van der Waals surface area contributed by atoms with Crippen LogP contribution in [0, 0.1) is 11.6 Å². The average molecular weight is 517 g/mol. The van der Waals surface area contributed by atoms with E-state index >= 15 is 0 Å². The Hall–Kier alpha value is -3.90. The summed E-state index contributed by atoms with van der Waals surface area (Å²) in [6.07, 6.45) is 4.79. The molecule has 1 aliphatic rings. The van der Waals surface area contributed by atoms with Gasteiger partial charge in [0.15, 0.2) is 17.5 Å². The Kier molecular flexibility index (Phi) is 7.55. The summed E-state index contributed by atoms with van der Waals surface area (Å²) in [6, 6.07) is 4.83. The van der Waals surface area contributed by atoms with Gasteiger partial charge in [0.1, 0.15) is 16.5 Å². The SMILES string of the molecule is COC[C@H]1CC(C=Nc2nc(Nc3ccnn3C)ncc2Cl)=C(N)C(=O)N1Cc1ccc(F)c(F)c1. The number of nitrogens with two attached hydrogens (primary N) is 1. The molecule has 4 rings (SSSR count). The fourth-order valence-electron chi connectivity index (χ4n) is 3.69. The molecule has 0 saturated carbocycles. The molecule has 13 heteroatoms. The summed E-state index contributed by atoms with van der Waals surface area (Å²) < 4.78 is 33.9. The number of amides is 1. The molecule has 188 valence electrons. The zero-order valence-electron chi connectivity index (χ0n) is 19.5. The number of halogens is 3. The molecular formula is C23H23ClF2N8O2. The van der Waals surface area contributed by atoms with Crippen LogP contribution in [-0.4, -0.2) is 56.5 Å². The van der Waals surface area contributed by atoms with Crippen LogP contribution >= 0.6 is 11.6 Å². The number of carbonyl (C=O) groups is 1. The summed E-state index contributed by atoms with van der Waals surface area (Å²) in [4.78, 5) is 27.4. The van der Waals surface area contributed by atoms with Crippen molar-refractivity contribution in [2.75, 3.05) is 19.0 Å². The first-order valence-corrected chi connectivity index (χ1v) is 11.2. The quantitative estimate of drug-likeness (QED) is 0.440. The predicted octanol–water partition coefficient (Wildman–Crippen LogP) is 3.25. The van der Waals surface area contributed by atoms with Crippen LogP contribution in [-0.2, 0) is 23.1 Å². The molecule has 0 fully saturated rings. The number of aryl methyl sites for hydroxylation is 1. The standard InChI is InChI=1S/C23H23ClF2N8O2/c1-33-19(5-6-30-33)31-23-29-10-16(24)21(32-23)28-9-14-8-15(12-36-2)34(22(35)20(14)27)11-13-3-4-17(25)18(26)7-13/h3-7,9-10,15H,8,11-12,27H2,1-2H3,(H,29,31,32)/t15-/m1/s1. The molecule has 1 amide bonds. The van der Waals surface area contributed by atoms with Crippen molar-refractivity contribution in [2.45, 2.75) is 19.0 Å². The number of hydrogen-bond donors (Lipinski definition) is 2. The highest BCUT2D eigenvalue weighted by Crippen LogP contribution is 2.27. The van der Waals surface area contributed by atoms with E-state index in [1.54, 1.807) is 24.0 Å². The first-order chi connectivity index (χ1) is 17.3. The van der Waals surface area contributed by atoms with E-state index in [-0.39, 0.29) is 35.6 Å². The second-order valence-electron chi connectivity index (χ2n) is 8.02. The number of aliphatic imine (C=N–C) groups is 1. The van der Waals surface area contributed by atoms with Crippen LogP contribution in [0.2, 0.25) is 5.02 Å². The van der Waals surface area contributed by atoms with Gasteiger partial charge in [-0.2, -0.15) is 10.1 Å². The summed E-state index contributed by atoms with van der Waals surface area (Å²) in [5.41, 5.74) is 7.03. The lowest BCUT2D eigenvalue weighted by molar-refractivity contribution is -0.132. The molecule has 2 aromatic heterocycles. The van der Waals surface area contributed by atoms with Crippen LogP contribution in [0.15, 0.2) is 52.9 Å². The number of anilines is 2. The van der Waals surface area contributed by atoms with Crippen LogP contribution in [0.3, 0.4) is 0 Å². The molecule has 3 heterocycles. The fourth-order valence-corrected chi connectivity index (χ4v) is 3.83. The molecule has 0 bridgehead atoms. The van der Waals surface area contributed by atoms with E-state index in [0.29, 0.717) is 23.4 Å². The predicted molar refractivity (Wildman–Crippen MR) is 130 cm³/mol. The van der Waals surface area contributed by atoms with Gasteiger partial charge in [-0.1, -0.05) is 17.7 Å². The topological polar surface area (TPSA) is 124 Å². The highest BCUT2D eigenvalue weighted by Gasteiger charge is 2.33. The number of rotatable bonds is 8. The van der Waals surface area contributed by atoms with Crippen LogP contribution in [0.25, 0.3) is 0 Å². The monoisotopic (exact) mass is 516 g/mol. The number of carbonyl (C=O) groups excluding carboxylic acids is 1. The second-order valence-corrected chi connectivity index (χ2v) is 8.43. The molecule has 0 unspecified atom stereocenters. The minimum atomic E-state index is -0.990. The largest absolute Gasteiger partial charge is 0.394 e. The molecule has 1 aliphatic heterocycles. The van der Waals surface area contributed by atoms with E-state index in [1.165, 1.54) is 30.5 Å². The Balaban J connectivity index is 1.57. The molecule has 1 atom stereocenters. The third kappa shape index (κ3) is 5.50. The number of nitrogens with zero attached hydrogens (tertiary/aromatic N) is 6. The molecule has 0 aliphatic carbocycles. The normalized spacial score (nSPS) is 16.3. The smallest absolute Gasteiger partial charge is 0.270 e. The molecule has 3 N–H and O–H groups in total. The fraction of sp³-hybridized carbons (Fsp3) is 0.261. The van der Waals surface area contributed by atoms with Crippen molar-refractivity contribution in [3.63, 3.8) is 0 Å². The molecule has 3 aromatic rings. The lowest BCUT2D eigenvalue weighted by Gasteiger charge is -2.36. The summed E-state index contributed by atoms with van der Waals surface area (Å²) in [6.45, 7) is 0.239. The van der Waals surface area contributed by atoms with E-state index in [1.807, 2.05) is 0 Å². The Bertz CT molecular complexity index is 1340. The van der Waals surface area contributed by atoms with Gasteiger partial charge in [-0.3, -0.25) is 9.48 Å². The van der Waals surface area contributed by atoms with Gasteiger partial charge in [0.05, 0.1) is 25.0 Å². The van der Waals surface area contributed by atoms with Crippen molar-refractivity contribution in [1.82, 2.24) is 24.6 Å². The first-order valence-electron chi connectivity index (χ1n) is 10.8. The number of hydrogen-bond acceptors (Lipinski definition) is 8. The molecule has 0 spiro atoms. The molecule has 1 aromatic carbocycles. The van der Waals surface area contributed by atoms with Gasteiger partial charge < -0.3 is 20.7 Å². The minimum Gasteiger partial charge on any atom is -0.394 e. The third-order valence-electron chi connectivity index (χ3n) is 5.56. The maximum Gasteiger partial charge on any atom is 0.270 e. The molecular weight excluding hydrogens is 494 g/mol. The Morgan fingerprint density at radius 2 is 2.14 bits per heavy atom. The molecule has 0 radical (unpaired) electrons. The van der Waals surface area contributed by atoms with Crippen molar-refractivity contribution in [3.8, 4) is 0 Å². The zero-order valence-corrected chi connectivity index (χ0v) is 20.2. The van der Waals surface area contributed by atoms with Crippen molar-refractivity contribution >= 4 is 41.3 Å². The van der Waals surface area contributed by atoms with Gasteiger partial charge in [-0.05, 0) is 24.1 Å². The van der Waals surface area contributed by atoms with Crippen LogP contribution in [0.4, 0.5) is 26.4 Å². The molecule has 10 nitrogen and oxygen atoms in total. The maximum atomic E-state index is 13.7. The van der Waals surface area contributed by atoms with Crippen LogP contribution in [0.1, 0.15) is 12.0 Å². The van der Waals surface area contributed by atoms with E-state index in [4.69, 9.17) is 22.1 Å². The second kappa shape index (κ2) is 10.8. The third-order valence-corrected chi connectivity index (χ3v) is 5.83. The molecule has 0 saturated heterocycles. The van der Waals surface area contributed by atoms with Gasteiger partial charge in [0.25, 0.3) is 5.91 Å². The van der Waals surface area contributed by atoms with Gasteiger partial charge in [0, 0.05) is 38.6 Å². The van der Waals surface area contributed by atoms with E-state index in [2.05, 4.69) is 25.4 Å². The number of benzene rings is 1. The first kappa shape index (κ1) is 25.2. The minimum absolute atomic E-state index is 0.0212. The van der Waals surface area contributed by atoms with Gasteiger partial charge >= 0.3 is 0 Å². The summed E-state index contributed by atoms with van der Waals surface area (Å²) >= 11 is 6.22. The van der Waals surface area contributed by atoms with E-state index in [0.717, 1.165) is 12.1 Å². The van der Waals surface area contributed by atoms with E-state index in [9.17, 15) is 13.6 Å². The Labute approximate surface area is 210 Å². The summed E-state index contributed by atoms with van der Waals surface area (Å²) in [7, 11) is 3.27. The van der Waals surface area contributed by atoms with Crippen molar-refractivity contribution < 1.29 is 18.3 Å². The lowest BCUT2D eigenvalue weighted by Crippen LogP contribution is -2.48. The number of aromatic nitrogens is 4. The van der Waals surface area contributed by atoms with E-state index < -0.39 is 23.6 Å². The Morgan fingerprint density at radius 1 is 1.33 bits per heavy atom. The maximum absolute atomic E-state index is 13.7. The summed E-state index contributed by atoms with van der Waals surface area (Å²) in [5, 5.41) is 7.29. The number of nitrogens with one attached hydrogen (secondary N) is 1. The van der Waals surface area contributed by atoms with Gasteiger partial charge in [0.2, 0.25) is 5.95 Å². The lowest BCUT2D eigenvalue weighted by atomic mass is 9.97. The van der Waals surface area contributed by atoms with Gasteiger partial charge in [-0.15, -0.1) is 0 Å². The van der Waals surface area contributed by atoms with Crippen molar-refractivity contribution in [2.24, 2.45) is 17.8 Å². The number of ether oxygens (including phenoxy) is 1. The highest BCUT2D eigenvalue weighted by molar-refractivity contribution is 6.32.